The van der Waals surface area contributed by atoms with Crippen molar-refractivity contribution in [3.8, 4) is 0 Å². The number of nitrogens with one attached hydrogen (secondary N) is 1. The third kappa shape index (κ3) is 5.45. The van der Waals surface area contributed by atoms with Crippen molar-refractivity contribution < 1.29 is 22.8 Å². The van der Waals surface area contributed by atoms with Crippen LogP contribution < -0.4 is 5.32 Å². The lowest BCUT2D eigenvalue weighted by Gasteiger charge is -2.53. The van der Waals surface area contributed by atoms with Gasteiger partial charge in [-0.2, -0.15) is 0 Å². The highest BCUT2D eigenvalue weighted by molar-refractivity contribution is 5.92. The van der Waals surface area contributed by atoms with Crippen LogP contribution in [0.3, 0.4) is 0 Å². The number of nitrogens with zero attached hydrogens (tertiary/aromatic N) is 2. The van der Waals surface area contributed by atoms with Gasteiger partial charge in [-0.3, -0.25) is 14.5 Å². The maximum Gasteiger partial charge on any atom is 0.264 e. The molecule has 1 saturated carbocycles. The minimum Gasteiger partial charge on any atom is -0.340 e. The molecule has 2 fully saturated rings. The average molecular weight is 454 g/mol. The van der Waals surface area contributed by atoms with Gasteiger partial charge in [-0.05, 0) is 69.6 Å². The quantitative estimate of drug-likeness (QED) is 0.643. The Morgan fingerprint density at radius 2 is 1.84 bits per heavy atom. The van der Waals surface area contributed by atoms with Crippen molar-refractivity contribution in [2.24, 2.45) is 11.3 Å². The highest BCUT2D eigenvalue weighted by Gasteiger charge is 2.46. The van der Waals surface area contributed by atoms with Crippen LogP contribution in [0.25, 0.3) is 0 Å². The van der Waals surface area contributed by atoms with E-state index in [-0.39, 0.29) is 34.4 Å². The number of carbonyl (C=O) groups is 2. The number of rotatable bonds is 7. The van der Waals surface area contributed by atoms with Gasteiger partial charge in [0.2, 0.25) is 11.8 Å². The summed E-state index contributed by atoms with van der Waals surface area (Å²) in [4.78, 5) is 29.2. The summed E-state index contributed by atoms with van der Waals surface area (Å²) < 4.78 is 39.3. The van der Waals surface area contributed by atoms with Gasteiger partial charge in [0.05, 0.1) is 6.54 Å². The zero-order valence-electron chi connectivity index (χ0n) is 19.4. The molecule has 1 spiro atoms. The van der Waals surface area contributed by atoms with Gasteiger partial charge in [-0.25, -0.2) is 13.2 Å². The van der Waals surface area contributed by atoms with Crippen molar-refractivity contribution in [2.45, 2.75) is 64.8 Å². The molecule has 0 unspecified atom stereocenters. The molecule has 178 valence electrons. The fourth-order valence-electron chi connectivity index (χ4n) is 4.75. The van der Waals surface area contributed by atoms with E-state index in [9.17, 15) is 22.8 Å². The highest BCUT2D eigenvalue weighted by Crippen LogP contribution is 2.45. The molecule has 0 aromatic heterocycles. The summed E-state index contributed by atoms with van der Waals surface area (Å²) in [6.45, 7) is 8.32. The number of amides is 2. The van der Waals surface area contributed by atoms with Crippen molar-refractivity contribution in [3.05, 3.63) is 29.6 Å². The van der Waals surface area contributed by atoms with Gasteiger partial charge in [0, 0.05) is 42.8 Å². The first-order valence-corrected chi connectivity index (χ1v) is 11.3. The van der Waals surface area contributed by atoms with Crippen LogP contribution in [-0.4, -0.2) is 53.8 Å². The van der Waals surface area contributed by atoms with Gasteiger partial charge in [0.1, 0.15) is 5.82 Å². The summed E-state index contributed by atoms with van der Waals surface area (Å²) in [6, 6.07) is 2.96. The molecule has 8 heteroatoms. The third-order valence-corrected chi connectivity index (χ3v) is 7.48. The van der Waals surface area contributed by atoms with Crippen molar-refractivity contribution in [3.63, 3.8) is 0 Å². The minimum absolute atomic E-state index is 0.0676. The monoisotopic (exact) mass is 453 g/mol. The van der Waals surface area contributed by atoms with Crippen molar-refractivity contribution >= 4 is 17.5 Å². The Kier molecular flexibility index (Phi) is 7.22. The van der Waals surface area contributed by atoms with E-state index in [2.05, 4.69) is 31.0 Å². The Morgan fingerprint density at radius 3 is 2.41 bits per heavy atom. The SMILES string of the molecule is CCC(C)(C)N(C)C(=O)CN1CC2(CCC(C(=O)Nc3cc(F)cc(C(F)F)c3)CC2)C1. The standard InChI is InChI=1S/C24H34F3N3O2/c1-5-23(2,3)29(4)20(31)13-30-14-24(15-30)8-6-16(7-9-24)22(32)28-19-11-17(21(26)27)10-18(25)12-19/h10-12,16,21H,5-9,13-15H2,1-4H3,(H,28,32). The topological polar surface area (TPSA) is 52.7 Å². The first kappa shape index (κ1) is 24.6. The van der Waals surface area contributed by atoms with Crippen LogP contribution >= 0.6 is 0 Å². The van der Waals surface area contributed by atoms with Gasteiger partial charge < -0.3 is 10.2 Å². The second-order valence-electron chi connectivity index (χ2n) is 10.1. The number of likely N-dealkylation sites (tertiary alicyclic amines) is 1. The predicted octanol–water partition coefficient (Wildman–Crippen LogP) is 4.84. The maximum atomic E-state index is 13.6. The van der Waals surface area contributed by atoms with Crippen LogP contribution in [0.4, 0.5) is 18.9 Å². The Balaban J connectivity index is 1.47. The number of anilines is 1. The summed E-state index contributed by atoms with van der Waals surface area (Å²) in [5.41, 5.74) is -0.390. The van der Waals surface area contributed by atoms with E-state index in [1.807, 2.05) is 11.9 Å². The average Bonchev–Trinajstić information content (AvgIpc) is 2.71. The Hall–Kier alpha value is -2.09. The largest absolute Gasteiger partial charge is 0.340 e. The Morgan fingerprint density at radius 1 is 1.22 bits per heavy atom. The fraction of sp³-hybridized carbons (Fsp3) is 0.667. The number of alkyl halides is 2. The van der Waals surface area contributed by atoms with Crippen LogP contribution in [-0.2, 0) is 9.59 Å². The molecule has 3 rings (SSSR count). The molecule has 1 heterocycles. The number of halogens is 3. The molecule has 1 aromatic carbocycles. The van der Waals surface area contributed by atoms with Crippen LogP contribution in [0, 0.1) is 17.2 Å². The number of carbonyl (C=O) groups excluding carboxylic acids is 2. The van der Waals surface area contributed by atoms with Crippen LogP contribution in [0.5, 0.6) is 0 Å². The lowest BCUT2D eigenvalue weighted by Crippen LogP contribution is -2.60. The summed E-state index contributed by atoms with van der Waals surface area (Å²) >= 11 is 0. The summed E-state index contributed by atoms with van der Waals surface area (Å²) in [5.74, 6) is -1.14. The molecule has 1 saturated heterocycles. The molecule has 1 aliphatic carbocycles. The van der Waals surface area contributed by atoms with E-state index in [1.165, 1.54) is 0 Å². The zero-order valence-corrected chi connectivity index (χ0v) is 19.4. The van der Waals surface area contributed by atoms with Gasteiger partial charge in [-0.1, -0.05) is 6.92 Å². The van der Waals surface area contributed by atoms with Crippen LogP contribution in [0.1, 0.15) is 64.9 Å². The van der Waals surface area contributed by atoms with Crippen LogP contribution in [0.2, 0.25) is 0 Å². The van der Waals surface area contributed by atoms with E-state index < -0.39 is 17.8 Å². The zero-order chi connectivity index (χ0) is 23.7. The number of hydrogen-bond acceptors (Lipinski definition) is 3. The van der Waals surface area contributed by atoms with E-state index in [0.29, 0.717) is 19.4 Å². The second-order valence-corrected chi connectivity index (χ2v) is 10.1. The molecule has 0 bridgehead atoms. The Bertz CT molecular complexity index is 843. The van der Waals surface area contributed by atoms with Crippen LogP contribution in [0.15, 0.2) is 18.2 Å². The molecule has 0 atom stereocenters. The maximum absolute atomic E-state index is 13.6. The normalized spacial score (nSPS) is 19.1. The van der Waals surface area contributed by atoms with Gasteiger partial charge in [-0.15, -0.1) is 0 Å². The van der Waals surface area contributed by atoms with E-state index >= 15 is 0 Å². The van der Waals surface area contributed by atoms with E-state index in [1.54, 1.807) is 0 Å². The molecule has 0 radical (unpaired) electrons. The smallest absolute Gasteiger partial charge is 0.264 e. The first-order chi connectivity index (χ1) is 14.9. The highest BCUT2D eigenvalue weighted by atomic mass is 19.3. The molecule has 32 heavy (non-hydrogen) atoms. The molecular weight excluding hydrogens is 419 g/mol. The van der Waals surface area contributed by atoms with Gasteiger partial charge in [0.15, 0.2) is 0 Å². The molecule has 2 aliphatic rings. The lowest BCUT2D eigenvalue weighted by molar-refractivity contribution is -0.140. The number of likely N-dealkylation sites (N-methyl/N-ethyl adjacent to an activating group) is 1. The summed E-state index contributed by atoms with van der Waals surface area (Å²) in [5, 5.41) is 2.61. The molecular formula is C24H34F3N3O2. The second kappa shape index (κ2) is 9.41. The van der Waals surface area contributed by atoms with Crippen molar-refractivity contribution in [1.29, 1.82) is 0 Å². The van der Waals surface area contributed by atoms with Gasteiger partial charge >= 0.3 is 0 Å². The number of hydrogen-bond donors (Lipinski definition) is 1. The molecule has 5 nitrogen and oxygen atoms in total. The molecule has 1 aliphatic heterocycles. The number of benzene rings is 1. The third-order valence-electron chi connectivity index (χ3n) is 7.48. The molecule has 1 N–H and O–H groups in total. The minimum atomic E-state index is -2.79. The van der Waals surface area contributed by atoms with E-state index in [0.717, 1.165) is 50.6 Å². The summed E-state index contributed by atoms with van der Waals surface area (Å²) in [7, 11) is 1.86. The molecule has 1 aromatic rings. The predicted molar refractivity (Wildman–Crippen MR) is 118 cm³/mol. The molecule has 2 amide bonds. The fourth-order valence-corrected chi connectivity index (χ4v) is 4.75. The van der Waals surface area contributed by atoms with Crippen molar-refractivity contribution in [2.75, 3.05) is 32.0 Å². The Labute approximate surface area is 188 Å². The van der Waals surface area contributed by atoms with Gasteiger partial charge in [0.25, 0.3) is 6.43 Å². The van der Waals surface area contributed by atoms with Crippen molar-refractivity contribution in [1.82, 2.24) is 9.80 Å². The lowest BCUT2D eigenvalue weighted by atomic mass is 9.65. The summed E-state index contributed by atoms with van der Waals surface area (Å²) in [6.07, 6.45) is 1.27. The van der Waals surface area contributed by atoms with E-state index in [4.69, 9.17) is 0 Å². The first-order valence-electron chi connectivity index (χ1n) is 11.3.